The highest BCUT2D eigenvalue weighted by Gasteiger charge is 2.65. The Kier molecular flexibility index (Phi) is 3.00. The fraction of sp³-hybridized carbons (Fsp3) is 0.842. The molecular formula is C19H26O3. The van der Waals surface area contributed by atoms with Crippen LogP contribution in [-0.4, -0.2) is 17.3 Å². The summed E-state index contributed by atoms with van der Waals surface area (Å²) in [5.41, 5.74) is -0.356. The van der Waals surface area contributed by atoms with Crippen LogP contribution in [0.1, 0.15) is 65.2 Å². The summed E-state index contributed by atoms with van der Waals surface area (Å²) >= 11 is 0. The number of ketones is 3. The standard InChI is InChI=1S/C19H26O3/c1-18-9-4-3-5-11(18)6-7-12-13(18)8-10-19(2)14(12)15(20)16(21)17(19)22/h11-14H,3-10H2,1-2H3/t11?,12-,13+,14-,18+,19+/m1/s1. The van der Waals surface area contributed by atoms with E-state index in [0.29, 0.717) is 11.3 Å². The van der Waals surface area contributed by atoms with E-state index < -0.39 is 17.0 Å². The second-order valence-electron chi connectivity index (χ2n) is 8.75. The first-order chi connectivity index (χ1) is 10.4. The maximum atomic E-state index is 12.5. The summed E-state index contributed by atoms with van der Waals surface area (Å²) in [6, 6.07) is 0. The Hall–Kier alpha value is -0.990. The Morgan fingerprint density at radius 2 is 1.68 bits per heavy atom. The highest BCUT2D eigenvalue weighted by atomic mass is 16.2. The van der Waals surface area contributed by atoms with Crippen molar-refractivity contribution in [1.82, 2.24) is 0 Å². The molecule has 4 aliphatic carbocycles. The van der Waals surface area contributed by atoms with E-state index in [4.69, 9.17) is 0 Å². The Morgan fingerprint density at radius 3 is 2.45 bits per heavy atom. The van der Waals surface area contributed by atoms with E-state index >= 15 is 0 Å². The molecule has 0 aromatic heterocycles. The molecule has 0 aliphatic heterocycles. The Bertz CT molecular complexity index is 565. The number of hydrogen-bond acceptors (Lipinski definition) is 3. The second-order valence-corrected chi connectivity index (χ2v) is 8.75. The second kappa shape index (κ2) is 4.52. The smallest absolute Gasteiger partial charge is 0.265 e. The minimum Gasteiger partial charge on any atom is -0.290 e. The summed E-state index contributed by atoms with van der Waals surface area (Å²) in [5, 5.41) is 0. The third kappa shape index (κ3) is 1.60. The third-order valence-corrected chi connectivity index (χ3v) is 7.98. The van der Waals surface area contributed by atoms with Gasteiger partial charge in [0.25, 0.3) is 5.78 Å². The maximum Gasteiger partial charge on any atom is 0.265 e. The van der Waals surface area contributed by atoms with Crippen LogP contribution in [0.4, 0.5) is 0 Å². The molecule has 6 atom stereocenters. The summed E-state index contributed by atoms with van der Waals surface area (Å²) in [5.74, 6) is -0.185. The van der Waals surface area contributed by atoms with Crippen molar-refractivity contribution in [3.8, 4) is 0 Å². The first-order valence-electron chi connectivity index (χ1n) is 9.02. The first kappa shape index (κ1) is 14.6. The van der Waals surface area contributed by atoms with Gasteiger partial charge in [0.15, 0.2) is 0 Å². The molecule has 0 aromatic rings. The normalized spacial score (nSPS) is 51.3. The molecule has 0 spiro atoms. The number of carbonyl (C=O) groups excluding carboxylic acids is 3. The zero-order chi connectivity index (χ0) is 15.7. The molecule has 4 rings (SSSR count). The van der Waals surface area contributed by atoms with Gasteiger partial charge in [-0.1, -0.05) is 26.7 Å². The van der Waals surface area contributed by atoms with Crippen LogP contribution in [0.5, 0.6) is 0 Å². The van der Waals surface area contributed by atoms with E-state index in [2.05, 4.69) is 6.92 Å². The molecule has 0 amide bonds. The Labute approximate surface area is 132 Å². The Morgan fingerprint density at radius 1 is 0.909 bits per heavy atom. The van der Waals surface area contributed by atoms with Gasteiger partial charge < -0.3 is 0 Å². The molecule has 3 heteroatoms. The Balaban J connectivity index is 1.73. The summed E-state index contributed by atoms with van der Waals surface area (Å²) in [7, 11) is 0. The molecule has 4 saturated carbocycles. The summed E-state index contributed by atoms with van der Waals surface area (Å²) in [6.45, 7) is 4.31. The van der Waals surface area contributed by atoms with Crippen molar-refractivity contribution < 1.29 is 14.4 Å². The lowest BCUT2D eigenvalue weighted by Gasteiger charge is -2.58. The minimum atomic E-state index is -0.705. The molecule has 0 radical (unpaired) electrons. The van der Waals surface area contributed by atoms with Gasteiger partial charge in [-0.2, -0.15) is 0 Å². The molecular weight excluding hydrogens is 276 g/mol. The predicted molar refractivity (Wildman–Crippen MR) is 82.1 cm³/mol. The van der Waals surface area contributed by atoms with Gasteiger partial charge in [-0.15, -0.1) is 0 Å². The van der Waals surface area contributed by atoms with Crippen LogP contribution in [0.2, 0.25) is 0 Å². The van der Waals surface area contributed by atoms with Crippen molar-refractivity contribution in [2.45, 2.75) is 65.2 Å². The molecule has 4 fully saturated rings. The molecule has 22 heavy (non-hydrogen) atoms. The van der Waals surface area contributed by atoms with Crippen molar-refractivity contribution >= 4 is 17.3 Å². The number of carbonyl (C=O) groups is 3. The van der Waals surface area contributed by atoms with E-state index in [-0.39, 0.29) is 17.6 Å². The van der Waals surface area contributed by atoms with Crippen LogP contribution in [0.3, 0.4) is 0 Å². The van der Waals surface area contributed by atoms with Crippen molar-refractivity contribution in [2.24, 2.45) is 34.5 Å². The quantitative estimate of drug-likeness (QED) is 0.645. The SMILES string of the molecule is C[C@]12CCCCC1CC[C@@H]1[C@@H]2CC[C@]2(C)C(=O)C(=O)C(=O)[C@@H]12. The predicted octanol–water partition coefficient (Wildman–Crippen LogP) is 3.35. The van der Waals surface area contributed by atoms with Crippen molar-refractivity contribution in [1.29, 1.82) is 0 Å². The maximum absolute atomic E-state index is 12.5. The van der Waals surface area contributed by atoms with Gasteiger partial charge >= 0.3 is 0 Å². The van der Waals surface area contributed by atoms with Gasteiger partial charge in [0.1, 0.15) is 0 Å². The van der Waals surface area contributed by atoms with Gasteiger partial charge in [-0.05, 0) is 61.7 Å². The molecule has 0 bridgehead atoms. The number of hydrogen-bond donors (Lipinski definition) is 0. The average molecular weight is 302 g/mol. The first-order valence-corrected chi connectivity index (χ1v) is 9.02. The van der Waals surface area contributed by atoms with E-state index in [1.54, 1.807) is 0 Å². The largest absolute Gasteiger partial charge is 0.290 e. The topological polar surface area (TPSA) is 51.2 Å². The number of rotatable bonds is 0. The molecule has 0 N–H and O–H groups in total. The highest BCUT2D eigenvalue weighted by molar-refractivity contribution is 6.68. The monoisotopic (exact) mass is 302 g/mol. The van der Waals surface area contributed by atoms with Crippen molar-refractivity contribution in [3.63, 3.8) is 0 Å². The number of Topliss-reactive ketones (excluding diaryl/α,β-unsaturated/α-hetero) is 3. The van der Waals surface area contributed by atoms with Gasteiger partial charge in [0, 0.05) is 11.3 Å². The van der Waals surface area contributed by atoms with Gasteiger partial charge in [0.05, 0.1) is 0 Å². The fourth-order valence-corrected chi connectivity index (χ4v) is 6.75. The molecule has 1 unspecified atom stereocenters. The highest BCUT2D eigenvalue weighted by Crippen LogP contribution is 2.64. The van der Waals surface area contributed by atoms with E-state index in [1.165, 1.54) is 32.1 Å². The molecule has 0 saturated heterocycles. The summed E-state index contributed by atoms with van der Waals surface area (Å²) in [6.07, 6.45) is 9.20. The molecule has 0 aromatic carbocycles. The number of fused-ring (bicyclic) bond motifs is 5. The van der Waals surface area contributed by atoms with Crippen molar-refractivity contribution in [2.75, 3.05) is 0 Å². The van der Waals surface area contributed by atoms with Gasteiger partial charge in [-0.3, -0.25) is 14.4 Å². The lowest BCUT2D eigenvalue weighted by molar-refractivity contribution is -0.145. The molecule has 4 aliphatic rings. The third-order valence-electron chi connectivity index (χ3n) is 7.98. The summed E-state index contributed by atoms with van der Waals surface area (Å²) in [4.78, 5) is 36.9. The zero-order valence-corrected chi connectivity index (χ0v) is 13.7. The van der Waals surface area contributed by atoms with Crippen molar-refractivity contribution in [3.05, 3.63) is 0 Å². The zero-order valence-electron chi connectivity index (χ0n) is 13.7. The summed E-state index contributed by atoms with van der Waals surface area (Å²) < 4.78 is 0. The van der Waals surface area contributed by atoms with Gasteiger partial charge in [0.2, 0.25) is 11.6 Å². The lowest BCUT2D eigenvalue weighted by Crippen LogP contribution is -2.53. The van der Waals surface area contributed by atoms with Gasteiger partial charge in [-0.25, -0.2) is 0 Å². The van der Waals surface area contributed by atoms with E-state index in [9.17, 15) is 14.4 Å². The molecule has 3 nitrogen and oxygen atoms in total. The fourth-order valence-electron chi connectivity index (χ4n) is 6.75. The van der Waals surface area contributed by atoms with E-state index in [1.807, 2.05) is 6.92 Å². The average Bonchev–Trinajstić information content (AvgIpc) is 2.68. The lowest BCUT2D eigenvalue weighted by atomic mass is 9.45. The van der Waals surface area contributed by atoms with Crippen LogP contribution < -0.4 is 0 Å². The van der Waals surface area contributed by atoms with Crippen LogP contribution >= 0.6 is 0 Å². The molecule has 120 valence electrons. The van der Waals surface area contributed by atoms with Crippen LogP contribution in [0, 0.1) is 34.5 Å². The van der Waals surface area contributed by atoms with Crippen LogP contribution in [-0.2, 0) is 14.4 Å². The van der Waals surface area contributed by atoms with Crippen LogP contribution in [0.25, 0.3) is 0 Å². The molecule has 0 heterocycles. The minimum absolute atomic E-state index is 0.265. The van der Waals surface area contributed by atoms with Crippen LogP contribution in [0.15, 0.2) is 0 Å². The van der Waals surface area contributed by atoms with E-state index in [0.717, 1.165) is 25.2 Å².